The smallest absolute Gasteiger partial charge is 0.189 e. The largest absolute Gasteiger partial charge is 0.356 e. The van der Waals surface area contributed by atoms with Gasteiger partial charge >= 0.3 is 0 Å². The summed E-state index contributed by atoms with van der Waals surface area (Å²) >= 11 is 1.58. The molecule has 3 aromatic rings. The molecule has 0 amide bonds. The van der Waals surface area contributed by atoms with Crippen molar-refractivity contribution in [1.29, 1.82) is 0 Å². The zero-order chi connectivity index (χ0) is 17.8. The van der Waals surface area contributed by atoms with E-state index in [0.717, 1.165) is 49.1 Å². The highest BCUT2D eigenvalue weighted by Gasteiger charge is 2.24. The van der Waals surface area contributed by atoms with Crippen LogP contribution in [0.3, 0.4) is 0 Å². The molecule has 134 valence electrons. The minimum Gasteiger partial charge on any atom is -0.356 e. The molecule has 4 rings (SSSR count). The zero-order valence-electron chi connectivity index (χ0n) is 14.8. The molecule has 26 heavy (non-hydrogen) atoms. The summed E-state index contributed by atoms with van der Waals surface area (Å²) in [6.07, 6.45) is 11.8. The molecule has 7 heteroatoms. The van der Waals surface area contributed by atoms with Gasteiger partial charge in [-0.25, -0.2) is 15.0 Å². The number of hydrogen-bond donors (Lipinski definition) is 0. The first kappa shape index (κ1) is 17.0. The summed E-state index contributed by atoms with van der Waals surface area (Å²) in [5.74, 6) is 2.68. The molecule has 0 unspecified atom stereocenters. The van der Waals surface area contributed by atoms with E-state index in [9.17, 15) is 0 Å². The van der Waals surface area contributed by atoms with Crippen molar-refractivity contribution >= 4 is 17.6 Å². The van der Waals surface area contributed by atoms with Crippen LogP contribution < -0.4 is 4.90 Å². The van der Waals surface area contributed by atoms with E-state index >= 15 is 0 Å². The second-order valence-electron chi connectivity index (χ2n) is 6.40. The van der Waals surface area contributed by atoms with Crippen molar-refractivity contribution in [2.45, 2.75) is 30.5 Å². The highest BCUT2D eigenvalue weighted by Crippen LogP contribution is 2.29. The van der Waals surface area contributed by atoms with Crippen molar-refractivity contribution in [1.82, 2.24) is 24.5 Å². The van der Waals surface area contributed by atoms with Crippen LogP contribution >= 0.6 is 11.8 Å². The minimum absolute atomic E-state index is 0.479. The Hall–Kier alpha value is -2.41. The Morgan fingerprint density at radius 1 is 1.04 bits per heavy atom. The first-order chi connectivity index (χ1) is 12.8. The lowest BCUT2D eigenvalue weighted by atomic mass is 9.96. The topological polar surface area (TPSA) is 59.7 Å². The van der Waals surface area contributed by atoms with Gasteiger partial charge in [0.25, 0.3) is 0 Å². The molecule has 1 aliphatic heterocycles. The van der Waals surface area contributed by atoms with Crippen molar-refractivity contribution < 1.29 is 0 Å². The van der Waals surface area contributed by atoms with Crippen LogP contribution in [0.2, 0.25) is 0 Å². The van der Waals surface area contributed by atoms with E-state index in [-0.39, 0.29) is 0 Å². The van der Waals surface area contributed by atoms with Crippen LogP contribution in [0.5, 0.6) is 0 Å². The highest BCUT2D eigenvalue weighted by atomic mass is 32.2. The van der Waals surface area contributed by atoms with Crippen molar-refractivity contribution in [2.24, 2.45) is 0 Å². The first-order valence-electron chi connectivity index (χ1n) is 8.86. The predicted molar refractivity (Wildman–Crippen MR) is 104 cm³/mol. The molecule has 0 saturated carbocycles. The van der Waals surface area contributed by atoms with E-state index < -0.39 is 0 Å². The Labute approximate surface area is 157 Å². The van der Waals surface area contributed by atoms with E-state index in [1.165, 1.54) is 5.82 Å². The molecular formula is C19H22N6S. The molecule has 0 aliphatic carbocycles. The van der Waals surface area contributed by atoms with Gasteiger partial charge in [0.15, 0.2) is 5.16 Å². The van der Waals surface area contributed by atoms with E-state index in [1.54, 1.807) is 11.8 Å². The second-order valence-corrected chi connectivity index (χ2v) is 7.17. The molecule has 1 saturated heterocycles. The number of rotatable bonds is 5. The number of thioether (sulfide) groups is 1. The maximum Gasteiger partial charge on any atom is 0.189 e. The third-order valence-electron chi connectivity index (χ3n) is 4.79. The molecule has 1 aliphatic rings. The predicted octanol–water partition coefficient (Wildman–Crippen LogP) is 3.22. The fraction of sp³-hybridized carbons (Fsp3) is 0.368. The summed E-state index contributed by atoms with van der Waals surface area (Å²) in [4.78, 5) is 20.3. The van der Waals surface area contributed by atoms with Gasteiger partial charge in [-0.3, -0.25) is 4.98 Å². The third kappa shape index (κ3) is 3.72. The number of anilines is 1. The molecule has 4 heterocycles. The number of aromatic nitrogens is 5. The quantitative estimate of drug-likeness (QED) is 0.510. The van der Waals surface area contributed by atoms with Gasteiger partial charge in [-0.15, -0.1) is 0 Å². The van der Waals surface area contributed by atoms with Crippen molar-refractivity contribution in [2.75, 3.05) is 24.2 Å². The Balaban J connectivity index is 1.43. The summed E-state index contributed by atoms with van der Waals surface area (Å²) in [5.41, 5.74) is 1.06. The summed E-state index contributed by atoms with van der Waals surface area (Å²) in [7, 11) is 0. The summed E-state index contributed by atoms with van der Waals surface area (Å²) in [5, 5.41) is 0.829. The third-order valence-corrected chi connectivity index (χ3v) is 5.35. The van der Waals surface area contributed by atoms with Gasteiger partial charge in [-0.05, 0) is 37.3 Å². The van der Waals surface area contributed by atoms with E-state index in [4.69, 9.17) is 0 Å². The van der Waals surface area contributed by atoms with Crippen LogP contribution in [0, 0.1) is 0 Å². The molecule has 6 nitrogen and oxygen atoms in total. The SMILES string of the molecule is CSc1nccc(N2CCC(c3nccn3Cc3ccccn3)CC2)n1. The summed E-state index contributed by atoms with van der Waals surface area (Å²) in [6.45, 7) is 2.76. The van der Waals surface area contributed by atoms with Gasteiger partial charge in [-0.2, -0.15) is 0 Å². The molecule has 0 N–H and O–H groups in total. The van der Waals surface area contributed by atoms with Crippen LogP contribution in [-0.2, 0) is 6.54 Å². The average molecular weight is 366 g/mol. The number of imidazole rings is 1. The standard InChI is InChI=1S/C19H22N6S/c1-26-19-22-9-5-17(23-19)24-11-6-15(7-12-24)18-21-10-13-25(18)14-16-4-2-3-8-20-16/h2-5,8-10,13,15H,6-7,11-12,14H2,1H3. The van der Waals surface area contributed by atoms with E-state index in [0.29, 0.717) is 5.92 Å². The van der Waals surface area contributed by atoms with Crippen LogP contribution in [0.4, 0.5) is 5.82 Å². The Morgan fingerprint density at radius 3 is 2.69 bits per heavy atom. The highest BCUT2D eigenvalue weighted by molar-refractivity contribution is 7.98. The lowest BCUT2D eigenvalue weighted by Gasteiger charge is -2.32. The lowest BCUT2D eigenvalue weighted by Crippen LogP contribution is -2.34. The first-order valence-corrected chi connectivity index (χ1v) is 10.1. The molecule has 0 atom stereocenters. The maximum atomic E-state index is 4.65. The molecule has 0 bridgehead atoms. The van der Waals surface area contributed by atoms with Gasteiger partial charge in [0.1, 0.15) is 11.6 Å². The van der Waals surface area contributed by atoms with Gasteiger partial charge in [0, 0.05) is 43.8 Å². The normalized spacial score (nSPS) is 15.3. The Bertz CT molecular complexity index is 842. The fourth-order valence-corrected chi connectivity index (χ4v) is 3.80. The number of piperidine rings is 1. The summed E-state index contributed by atoms with van der Waals surface area (Å²) < 4.78 is 2.24. The van der Waals surface area contributed by atoms with Crippen molar-refractivity contribution in [3.63, 3.8) is 0 Å². The Kier molecular flexibility index (Phi) is 5.15. The zero-order valence-corrected chi connectivity index (χ0v) is 15.6. The molecule has 3 aromatic heterocycles. The van der Waals surface area contributed by atoms with Crippen LogP contribution in [-0.4, -0.2) is 43.8 Å². The lowest BCUT2D eigenvalue weighted by molar-refractivity contribution is 0.467. The molecule has 0 radical (unpaired) electrons. The van der Waals surface area contributed by atoms with Crippen molar-refractivity contribution in [3.05, 3.63) is 60.6 Å². The number of hydrogen-bond acceptors (Lipinski definition) is 6. The number of pyridine rings is 1. The van der Waals surface area contributed by atoms with Crippen LogP contribution in [0.15, 0.2) is 54.2 Å². The molecular weight excluding hydrogens is 344 g/mol. The average Bonchev–Trinajstić information content (AvgIpc) is 3.17. The van der Waals surface area contributed by atoms with Crippen LogP contribution in [0.1, 0.15) is 30.3 Å². The van der Waals surface area contributed by atoms with E-state index in [2.05, 4.69) is 41.7 Å². The van der Waals surface area contributed by atoms with E-state index in [1.807, 2.05) is 43.0 Å². The molecule has 1 fully saturated rings. The molecule has 0 aromatic carbocycles. The fourth-order valence-electron chi connectivity index (χ4n) is 3.45. The summed E-state index contributed by atoms with van der Waals surface area (Å²) in [6, 6.07) is 8.04. The monoisotopic (exact) mass is 366 g/mol. The number of nitrogens with zero attached hydrogens (tertiary/aromatic N) is 6. The van der Waals surface area contributed by atoms with Gasteiger partial charge < -0.3 is 9.47 Å². The minimum atomic E-state index is 0.479. The van der Waals surface area contributed by atoms with Gasteiger partial charge in [0.05, 0.1) is 12.2 Å². The Morgan fingerprint density at radius 2 is 1.92 bits per heavy atom. The van der Waals surface area contributed by atoms with Crippen molar-refractivity contribution in [3.8, 4) is 0 Å². The second kappa shape index (κ2) is 7.86. The molecule has 0 spiro atoms. The van der Waals surface area contributed by atoms with Gasteiger partial charge in [-0.1, -0.05) is 17.8 Å². The van der Waals surface area contributed by atoms with Gasteiger partial charge in [0.2, 0.25) is 0 Å². The maximum absolute atomic E-state index is 4.65. The van der Waals surface area contributed by atoms with Crippen LogP contribution in [0.25, 0.3) is 0 Å².